The third-order valence-corrected chi connectivity index (χ3v) is 4.03. The lowest BCUT2D eigenvalue weighted by Gasteiger charge is -2.58. The fourth-order valence-electron chi connectivity index (χ4n) is 2.50. The molecule has 2 fully saturated rings. The zero-order valence-electron chi connectivity index (χ0n) is 7.68. The van der Waals surface area contributed by atoms with Gasteiger partial charge >= 0.3 is 0 Å². The largest absolute Gasteiger partial charge is 0.355 e. The smallest absolute Gasteiger partial charge is 0.220 e. The Kier molecular flexibility index (Phi) is 1.35. The first-order chi connectivity index (χ1) is 5.48. The molecule has 1 heterocycles. The van der Waals surface area contributed by atoms with E-state index in [0.29, 0.717) is 6.42 Å². The zero-order chi connectivity index (χ0) is 8.98. The van der Waals surface area contributed by atoms with Crippen LogP contribution in [0, 0.1) is 10.8 Å². The molecule has 2 unspecified atom stereocenters. The summed E-state index contributed by atoms with van der Waals surface area (Å²) in [5.74, 6) is 0.190. The van der Waals surface area contributed by atoms with Crippen molar-refractivity contribution in [2.45, 2.75) is 32.7 Å². The van der Waals surface area contributed by atoms with Gasteiger partial charge in [0.1, 0.15) is 0 Å². The van der Waals surface area contributed by atoms with E-state index in [1.807, 2.05) is 0 Å². The number of carbonyl (C=O) groups excluding carboxylic acids is 1. The number of carbonyl (C=O) groups is 1. The molecule has 1 spiro atoms. The Bertz CT molecular complexity index is 237. The minimum Gasteiger partial charge on any atom is -0.355 e. The van der Waals surface area contributed by atoms with E-state index < -0.39 is 0 Å². The van der Waals surface area contributed by atoms with Crippen molar-refractivity contribution < 1.29 is 4.79 Å². The minimum absolute atomic E-state index is 0.131. The number of rotatable bonds is 0. The molecule has 1 aliphatic carbocycles. The summed E-state index contributed by atoms with van der Waals surface area (Å²) >= 11 is 0. The molecular weight excluding hydrogens is 152 g/mol. The maximum Gasteiger partial charge on any atom is 0.220 e. The normalized spacial score (nSPS) is 44.2. The van der Waals surface area contributed by atoms with E-state index in [1.54, 1.807) is 0 Å². The van der Waals surface area contributed by atoms with E-state index in [9.17, 15) is 4.79 Å². The monoisotopic (exact) mass is 168 g/mol. The molecule has 2 rings (SSSR count). The lowest BCUT2D eigenvalue weighted by molar-refractivity contribution is -0.123. The number of hydrogen-bond acceptors (Lipinski definition) is 2. The molecule has 1 amide bonds. The molecule has 1 saturated heterocycles. The van der Waals surface area contributed by atoms with Gasteiger partial charge in [0, 0.05) is 24.4 Å². The lowest BCUT2D eigenvalue weighted by atomic mass is 9.48. The molecular formula is C9H16N2O. The Hall–Kier alpha value is -0.570. The lowest BCUT2D eigenvalue weighted by Crippen LogP contribution is -2.63. The highest BCUT2D eigenvalue weighted by Crippen LogP contribution is 2.58. The van der Waals surface area contributed by atoms with Gasteiger partial charge in [0.25, 0.3) is 0 Å². The Morgan fingerprint density at radius 3 is 2.58 bits per heavy atom. The highest BCUT2D eigenvalue weighted by atomic mass is 16.1. The predicted octanol–water partition coefficient (Wildman–Crippen LogP) is 0.250. The maximum absolute atomic E-state index is 11.1. The topological polar surface area (TPSA) is 55.1 Å². The Balaban J connectivity index is 2.21. The van der Waals surface area contributed by atoms with Crippen LogP contribution in [0.5, 0.6) is 0 Å². The van der Waals surface area contributed by atoms with Crippen LogP contribution in [-0.2, 0) is 4.79 Å². The summed E-state index contributed by atoms with van der Waals surface area (Å²) in [7, 11) is 0. The van der Waals surface area contributed by atoms with Gasteiger partial charge in [0.05, 0.1) is 0 Å². The van der Waals surface area contributed by atoms with Crippen molar-refractivity contribution in [3.63, 3.8) is 0 Å². The molecule has 0 aromatic carbocycles. The molecule has 1 saturated carbocycles. The third-order valence-electron chi connectivity index (χ3n) is 4.03. The first-order valence-corrected chi connectivity index (χ1v) is 4.50. The highest BCUT2D eigenvalue weighted by Gasteiger charge is 2.61. The van der Waals surface area contributed by atoms with Gasteiger partial charge in [-0.2, -0.15) is 0 Å². The first-order valence-electron chi connectivity index (χ1n) is 4.50. The van der Waals surface area contributed by atoms with Gasteiger partial charge in [-0.25, -0.2) is 0 Å². The van der Waals surface area contributed by atoms with Crippen LogP contribution in [0.2, 0.25) is 0 Å². The van der Waals surface area contributed by atoms with Gasteiger partial charge in [-0.3, -0.25) is 4.79 Å². The molecule has 0 bridgehead atoms. The van der Waals surface area contributed by atoms with E-state index in [4.69, 9.17) is 5.73 Å². The van der Waals surface area contributed by atoms with Gasteiger partial charge in [-0.05, 0) is 11.8 Å². The first kappa shape index (κ1) is 8.05. The standard InChI is InChI=1S/C9H16N2O/c1-8(2)6(10)3-9(8)4-7(12)11-5-9/h6H,3-5,10H2,1-2H3,(H,11,12). The summed E-state index contributed by atoms with van der Waals surface area (Å²) < 4.78 is 0. The van der Waals surface area contributed by atoms with E-state index in [0.717, 1.165) is 13.0 Å². The van der Waals surface area contributed by atoms with Crippen LogP contribution in [-0.4, -0.2) is 18.5 Å². The van der Waals surface area contributed by atoms with E-state index in [-0.39, 0.29) is 22.8 Å². The summed E-state index contributed by atoms with van der Waals surface area (Å²) in [5, 5.41) is 2.89. The molecule has 3 nitrogen and oxygen atoms in total. The maximum atomic E-state index is 11.1. The number of nitrogens with one attached hydrogen (secondary N) is 1. The van der Waals surface area contributed by atoms with Gasteiger partial charge < -0.3 is 11.1 Å². The number of amides is 1. The molecule has 3 heteroatoms. The highest BCUT2D eigenvalue weighted by molar-refractivity contribution is 5.79. The summed E-state index contributed by atoms with van der Waals surface area (Å²) in [6.07, 6.45) is 1.67. The molecule has 2 aliphatic rings. The average molecular weight is 168 g/mol. The summed E-state index contributed by atoms with van der Waals surface area (Å²) in [6, 6.07) is 0.269. The van der Waals surface area contributed by atoms with Gasteiger partial charge in [-0.1, -0.05) is 13.8 Å². The van der Waals surface area contributed by atoms with Crippen LogP contribution in [0.25, 0.3) is 0 Å². The Morgan fingerprint density at radius 2 is 2.25 bits per heavy atom. The number of nitrogens with two attached hydrogens (primary N) is 1. The van der Waals surface area contributed by atoms with Crippen LogP contribution < -0.4 is 11.1 Å². The fraction of sp³-hybridized carbons (Fsp3) is 0.889. The third kappa shape index (κ3) is 0.724. The SMILES string of the molecule is CC1(C)C(N)CC12CNC(=O)C2. The van der Waals surface area contributed by atoms with Crippen molar-refractivity contribution in [3.8, 4) is 0 Å². The van der Waals surface area contributed by atoms with Crippen LogP contribution >= 0.6 is 0 Å². The van der Waals surface area contributed by atoms with Crippen LogP contribution in [0.1, 0.15) is 26.7 Å². The van der Waals surface area contributed by atoms with Crippen molar-refractivity contribution >= 4 is 5.91 Å². The van der Waals surface area contributed by atoms with Crippen molar-refractivity contribution in [1.82, 2.24) is 5.32 Å². The molecule has 0 radical (unpaired) electrons. The van der Waals surface area contributed by atoms with E-state index in [1.165, 1.54) is 0 Å². The second kappa shape index (κ2) is 2.02. The van der Waals surface area contributed by atoms with E-state index >= 15 is 0 Å². The quantitative estimate of drug-likeness (QED) is 0.544. The second-order valence-electron chi connectivity index (χ2n) is 4.77. The minimum atomic E-state index is 0.131. The molecule has 68 valence electrons. The van der Waals surface area contributed by atoms with Crippen molar-refractivity contribution in [1.29, 1.82) is 0 Å². The molecule has 0 aromatic rings. The molecule has 0 aromatic heterocycles. The van der Waals surface area contributed by atoms with Crippen LogP contribution in [0.15, 0.2) is 0 Å². The zero-order valence-corrected chi connectivity index (χ0v) is 7.68. The molecule has 2 atom stereocenters. The van der Waals surface area contributed by atoms with Crippen LogP contribution in [0.3, 0.4) is 0 Å². The molecule has 3 N–H and O–H groups in total. The van der Waals surface area contributed by atoms with Crippen molar-refractivity contribution in [2.75, 3.05) is 6.54 Å². The summed E-state index contributed by atoms with van der Waals surface area (Å²) in [5.41, 5.74) is 6.22. The van der Waals surface area contributed by atoms with Crippen molar-refractivity contribution in [2.24, 2.45) is 16.6 Å². The Morgan fingerprint density at radius 1 is 1.58 bits per heavy atom. The number of hydrogen-bond donors (Lipinski definition) is 2. The van der Waals surface area contributed by atoms with Gasteiger partial charge in [-0.15, -0.1) is 0 Å². The Labute approximate surface area is 72.7 Å². The molecule has 1 aliphatic heterocycles. The fourth-order valence-corrected chi connectivity index (χ4v) is 2.50. The summed E-state index contributed by atoms with van der Waals surface area (Å²) in [4.78, 5) is 11.1. The summed E-state index contributed by atoms with van der Waals surface area (Å²) in [6.45, 7) is 5.16. The average Bonchev–Trinajstić information content (AvgIpc) is 2.35. The van der Waals surface area contributed by atoms with Crippen molar-refractivity contribution in [3.05, 3.63) is 0 Å². The van der Waals surface area contributed by atoms with E-state index in [2.05, 4.69) is 19.2 Å². The predicted molar refractivity (Wildman–Crippen MR) is 46.4 cm³/mol. The second-order valence-corrected chi connectivity index (χ2v) is 4.77. The van der Waals surface area contributed by atoms with Gasteiger partial charge in [0.2, 0.25) is 5.91 Å². The van der Waals surface area contributed by atoms with Gasteiger partial charge in [0.15, 0.2) is 0 Å². The van der Waals surface area contributed by atoms with Crippen LogP contribution in [0.4, 0.5) is 0 Å². The molecule has 12 heavy (non-hydrogen) atoms.